The number of rotatable bonds is 4. The van der Waals surface area contributed by atoms with Gasteiger partial charge < -0.3 is 25.4 Å². The number of hydrogen-bond donors (Lipinski definition) is 3. The van der Waals surface area contributed by atoms with Crippen molar-refractivity contribution < 1.29 is 10.2 Å². The van der Waals surface area contributed by atoms with Crippen LogP contribution >= 0.6 is 27.5 Å². The minimum Gasteiger partial charge on any atom is -0.390 e. The highest BCUT2D eigenvalue weighted by atomic mass is 79.9. The standard InChI is InChI=1S/C20H27BrClN5O2/c21-13-9-27(19-15(13)18(23)24-20(22)25-19)14-7-12(16(28)17(14)29)11-3-5-26(6-4-11)8-10-1-2-10/h9-12,14,16-17,28-29H,1-8H2,(H2,23,24,25)/t12-,14-,16-,17+/m1/s1. The van der Waals surface area contributed by atoms with Gasteiger partial charge in [-0.1, -0.05) is 0 Å². The zero-order valence-electron chi connectivity index (χ0n) is 16.2. The van der Waals surface area contributed by atoms with Crippen LogP contribution in [-0.4, -0.2) is 61.5 Å². The molecule has 1 saturated heterocycles. The van der Waals surface area contributed by atoms with E-state index < -0.39 is 12.2 Å². The Morgan fingerprint density at radius 3 is 2.55 bits per heavy atom. The van der Waals surface area contributed by atoms with Gasteiger partial charge in [-0.2, -0.15) is 4.98 Å². The van der Waals surface area contributed by atoms with Gasteiger partial charge in [0.1, 0.15) is 17.6 Å². The van der Waals surface area contributed by atoms with Crippen LogP contribution in [0.5, 0.6) is 0 Å². The van der Waals surface area contributed by atoms with Gasteiger partial charge in [0.2, 0.25) is 5.28 Å². The van der Waals surface area contributed by atoms with E-state index in [2.05, 4.69) is 30.8 Å². The highest BCUT2D eigenvalue weighted by molar-refractivity contribution is 9.10. The van der Waals surface area contributed by atoms with E-state index in [4.69, 9.17) is 17.3 Å². The first kappa shape index (κ1) is 20.0. The smallest absolute Gasteiger partial charge is 0.226 e. The Balaban J connectivity index is 1.36. The van der Waals surface area contributed by atoms with E-state index in [-0.39, 0.29) is 17.2 Å². The molecular formula is C20H27BrClN5O2. The van der Waals surface area contributed by atoms with Crippen LogP contribution in [0, 0.1) is 17.8 Å². The van der Waals surface area contributed by atoms with Crippen LogP contribution in [0.2, 0.25) is 5.28 Å². The number of likely N-dealkylation sites (tertiary alicyclic amines) is 1. The zero-order valence-corrected chi connectivity index (χ0v) is 18.6. The molecule has 3 aliphatic rings. The van der Waals surface area contributed by atoms with E-state index in [0.717, 1.165) is 36.3 Å². The monoisotopic (exact) mass is 483 g/mol. The molecule has 0 unspecified atom stereocenters. The Labute approximate surface area is 183 Å². The molecule has 29 heavy (non-hydrogen) atoms. The van der Waals surface area contributed by atoms with E-state index in [1.807, 2.05) is 10.8 Å². The summed E-state index contributed by atoms with van der Waals surface area (Å²) in [4.78, 5) is 11.0. The van der Waals surface area contributed by atoms with Crippen LogP contribution in [0.3, 0.4) is 0 Å². The van der Waals surface area contributed by atoms with Crippen molar-refractivity contribution in [3.63, 3.8) is 0 Å². The highest BCUT2D eigenvalue weighted by Crippen LogP contribution is 2.45. The number of piperidine rings is 1. The van der Waals surface area contributed by atoms with Gasteiger partial charge in [0, 0.05) is 17.2 Å². The fourth-order valence-electron chi connectivity index (χ4n) is 5.37. The summed E-state index contributed by atoms with van der Waals surface area (Å²) < 4.78 is 2.67. The Morgan fingerprint density at radius 2 is 1.86 bits per heavy atom. The Kier molecular flexibility index (Phi) is 5.27. The minimum absolute atomic E-state index is 0.0782. The molecule has 3 heterocycles. The predicted octanol–water partition coefficient (Wildman–Crippen LogP) is 2.83. The zero-order chi connectivity index (χ0) is 20.3. The van der Waals surface area contributed by atoms with Gasteiger partial charge in [-0.05, 0) is 90.5 Å². The molecule has 2 saturated carbocycles. The molecule has 3 fully saturated rings. The van der Waals surface area contributed by atoms with Crippen molar-refractivity contribution in [3.05, 3.63) is 16.0 Å². The van der Waals surface area contributed by atoms with Crippen molar-refractivity contribution in [2.45, 2.75) is 50.4 Å². The number of nitrogens with zero attached hydrogens (tertiary/aromatic N) is 4. The lowest BCUT2D eigenvalue weighted by Gasteiger charge is -2.36. The Hall–Kier alpha value is -0.930. The normalized spacial score (nSPS) is 31.7. The number of halogens is 2. The van der Waals surface area contributed by atoms with Crippen molar-refractivity contribution in [2.24, 2.45) is 17.8 Å². The first-order valence-electron chi connectivity index (χ1n) is 10.5. The molecule has 2 aromatic rings. The summed E-state index contributed by atoms with van der Waals surface area (Å²) in [6.07, 6.45) is 5.95. The topological polar surface area (TPSA) is 100 Å². The maximum Gasteiger partial charge on any atom is 0.226 e. The fraction of sp³-hybridized carbons (Fsp3) is 0.700. The maximum absolute atomic E-state index is 10.9. The van der Waals surface area contributed by atoms with Gasteiger partial charge in [-0.25, -0.2) is 4.98 Å². The van der Waals surface area contributed by atoms with E-state index in [1.165, 1.54) is 19.4 Å². The molecule has 0 spiro atoms. The van der Waals surface area contributed by atoms with Gasteiger partial charge in [-0.3, -0.25) is 0 Å². The van der Waals surface area contributed by atoms with Gasteiger partial charge >= 0.3 is 0 Å². The summed E-state index contributed by atoms with van der Waals surface area (Å²) in [5, 5.41) is 22.5. The summed E-state index contributed by atoms with van der Waals surface area (Å²) in [5.41, 5.74) is 6.62. The molecule has 0 radical (unpaired) electrons. The number of anilines is 1. The average Bonchev–Trinajstić information content (AvgIpc) is 3.37. The quantitative estimate of drug-likeness (QED) is 0.577. The molecule has 7 nitrogen and oxygen atoms in total. The molecule has 5 rings (SSSR count). The second-order valence-electron chi connectivity index (χ2n) is 8.99. The second-order valence-corrected chi connectivity index (χ2v) is 10.2. The molecule has 4 N–H and O–H groups in total. The van der Waals surface area contributed by atoms with E-state index in [9.17, 15) is 10.2 Å². The third-order valence-electron chi connectivity index (χ3n) is 7.13. The molecule has 2 aromatic heterocycles. The lowest BCUT2D eigenvalue weighted by molar-refractivity contribution is -0.0124. The van der Waals surface area contributed by atoms with Gasteiger partial charge in [0.15, 0.2) is 0 Å². The molecule has 158 valence electrons. The molecular weight excluding hydrogens is 458 g/mol. The Morgan fingerprint density at radius 1 is 1.14 bits per heavy atom. The van der Waals surface area contributed by atoms with Crippen LogP contribution in [0.1, 0.15) is 38.1 Å². The van der Waals surface area contributed by atoms with Crippen LogP contribution in [-0.2, 0) is 0 Å². The Bertz CT molecular complexity index is 912. The van der Waals surface area contributed by atoms with Crippen LogP contribution < -0.4 is 5.73 Å². The number of hydrogen-bond acceptors (Lipinski definition) is 6. The predicted molar refractivity (Wildman–Crippen MR) is 116 cm³/mol. The number of aliphatic hydroxyl groups excluding tert-OH is 2. The van der Waals surface area contributed by atoms with Gasteiger partial charge in [0.25, 0.3) is 0 Å². The van der Waals surface area contributed by atoms with E-state index >= 15 is 0 Å². The summed E-state index contributed by atoms with van der Waals surface area (Å²) in [6, 6.07) is -0.265. The average molecular weight is 485 g/mol. The lowest BCUT2D eigenvalue weighted by atomic mass is 9.82. The second kappa shape index (κ2) is 7.64. The van der Waals surface area contributed by atoms with Crippen molar-refractivity contribution in [1.82, 2.24) is 19.4 Å². The molecule has 0 aromatic carbocycles. The summed E-state index contributed by atoms with van der Waals surface area (Å²) in [6.45, 7) is 3.43. The summed E-state index contributed by atoms with van der Waals surface area (Å²) in [5.74, 6) is 1.74. The number of nitrogens with two attached hydrogens (primary N) is 1. The van der Waals surface area contributed by atoms with Crippen molar-refractivity contribution >= 4 is 44.4 Å². The van der Waals surface area contributed by atoms with E-state index in [1.54, 1.807) is 0 Å². The fourth-order valence-corrected chi connectivity index (χ4v) is 6.14. The highest BCUT2D eigenvalue weighted by Gasteiger charge is 2.46. The molecule has 1 aliphatic heterocycles. The third-order valence-corrected chi connectivity index (χ3v) is 7.90. The number of fused-ring (bicyclic) bond motifs is 1. The van der Waals surface area contributed by atoms with Gasteiger partial charge in [-0.15, -0.1) is 0 Å². The first-order chi connectivity index (χ1) is 13.9. The summed E-state index contributed by atoms with van der Waals surface area (Å²) in [7, 11) is 0. The largest absolute Gasteiger partial charge is 0.390 e. The maximum atomic E-state index is 10.9. The molecule has 0 bridgehead atoms. The van der Waals surface area contributed by atoms with Crippen molar-refractivity contribution in [1.29, 1.82) is 0 Å². The van der Waals surface area contributed by atoms with E-state index in [0.29, 0.717) is 29.2 Å². The van der Waals surface area contributed by atoms with Crippen LogP contribution in [0.15, 0.2) is 10.7 Å². The molecule has 2 aliphatic carbocycles. The number of aliphatic hydroxyl groups is 2. The number of nitrogen functional groups attached to an aromatic ring is 1. The first-order valence-corrected chi connectivity index (χ1v) is 11.7. The third kappa shape index (κ3) is 3.67. The van der Waals surface area contributed by atoms with Gasteiger partial charge in [0.05, 0.1) is 17.5 Å². The molecule has 4 atom stereocenters. The summed E-state index contributed by atoms with van der Waals surface area (Å²) >= 11 is 9.56. The van der Waals surface area contributed by atoms with Crippen LogP contribution in [0.25, 0.3) is 11.0 Å². The SMILES string of the molecule is Nc1nc(Cl)nc2c1c(Br)cn2[C@@H]1C[C@H](C2CCN(CC3CC3)CC2)[C@@H](O)[C@H]1O. The van der Waals surface area contributed by atoms with Crippen molar-refractivity contribution in [2.75, 3.05) is 25.4 Å². The molecule has 0 amide bonds. The van der Waals surface area contributed by atoms with Crippen molar-refractivity contribution in [3.8, 4) is 0 Å². The molecule has 9 heteroatoms. The lowest BCUT2D eigenvalue weighted by Crippen LogP contribution is -2.40. The number of aromatic nitrogens is 3. The minimum atomic E-state index is -0.845. The van der Waals surface area contributed by atoms with Crippen LogP contribution in [0.4, 0.5) is 5.82 Å².